The van der Waals surface area contributed by atoms with Gasteiger partial charge < -0.3 is 5.11 Å². The molecular weight excluding hydrogens is 264 g/mol. The van der Waals surface area contributed by atoms with Crippen LogP contribution in [-0.2, 0) is 19.4 Å². The number of aliphatic hydroxyl groups is 1. The molecule has 2 heterocycles. The smallest absolute Gasteiger partial charge is 0.163 e. The fourth-order valence-electron chi connectivity index (χ4n) is 2.47. The lowest BCUT2D eigenvalue weighted by Gasteiger charge is -2.10. The number of benzene rings is 1. The van der Waals surface area contributed by atoms with Crippen molar-refractivity contribution in [1.82, 2.24) is 19.7 Å². The summed E-state index contributed by atoms with van der Waals surface area (Å²) in [5.41, 5.74) is 0.822. The van der Waals surface area contributed by atoms with E-state index in [2.05, 4.69) is 22.0 Å². The van der Waals surface area contributed by atoms with E-state index in [1.54, 1.807) is 6.20 Å². The van der Waals surface area contributed by atoms with Crippen molar-refractivity contribution in [2.45, 2.75) is 33.3 Å². The average molecular weight is 282 g/mol. The lowest BCUT2D eigenvalue weighted by molar-refractivity contribution is 0.283. The first-order valence-corrected chi connectivity index (χ1v) is 7.21. The Labute approximate surface area is 123 Å². The zero-order valence-electron chi connectivity index (χ0n) is 12.2. The summed E-state index contributed by atoms with van der Waals surface area (Å²) in [5, 5.41) is 16.0. The number of rotatable bonds is 4. The van der Waals surface area contributed by atoms with Gasteiger partial charge in [0, 0.05) is 30.0 Å². The molecule has 0 atom stereocenters. The lowest BCUT2D eigenvalue weighted by Crippen LogP contribution is -2.06. The summed E-state index contributed by atoms with van der Waals surface area (Å²) in [6, 6.07) is 7.93. The summed E-state index contributed by atoms with van der Waals surface area (Å²) in [5.74, 6) is 2.50. The number of hydrogen-bond acceptors (Lipinski definition) is 4. The molecule has 0 bridgehead atoms. The third-order valence-electron chi connectivity index (χ3n) is 3.58. The molecular formula is C16H18N4O. The van der Waals surface area contributed by atoms with Crippen LogP contribution in [0.1, 0.15) is 31.1 Å². The largest absolute Gasteiger partial charge is 0.392 e. The van der Waals surface area contributed by atoms with Crippen LogP contribution in [0, 0.1) is 0 Å². The molecule has 2 aromatic heterocycles. The van der Waals surface area contributed by atoms with Gasteiger partial charge in [-0.1, -0.05) is 38.1 Å². The van der Waals surface area contributed by atoms with Crippen molar-refractivity contribution in [1.29, 1.82) is 0 Å². The van der Waals surface area contributed by atoms with Gasteiger partial charge in [0.25, 0.3) is 0 Å². The maximum atomic E-state index is 9.47. The summed E-state index contributed by atoms with van der Waals surface area (Å²) in [6.07, 6.45) is 3.31. The van der Waals surface area contributed by atoms with Gasteiger partial charge in [-0.15, -0.1) is 5.10 Å². The van der Waals surface area contributed by atoms with Crippen LogP contribution in [0.5, 0.6) is 0 Å². The van der Waals surface area contributed by atoms with E-state index in [1.165, 1.54) is 0 Å². The van der Waals surface area contributed by atoms with E-state index in [1.807, 2.05) is 35.9 Å². The van der Waals surface area contributed by atoms with E-state index >= 15 is 0 Å². The number of aliphatic hydroxyl groups excluding tert-OH is 1. The highest BCUT2D eigenvalue weighted by atomic mass is 16.3. The van der Waals surface area contributed by atoms with Gasteiger partial charge in [-0.25, -0.2) is 9.97 Å². The number of aryl methyl sites for hydroxylation is 2. The van der Waals surface area contributed by atoms with Gasteiger partial charge in [-0.05, 0) is 5.39 Å². The molecule has 1 N–H and O–H groups in total. The molecule has 0 spiro atoms. The van der Waals surface area contributed by atoms with Crippen LogP contribution in [0.15, 0.2) is 30.5 Å². The van der Waals surface area contributed by atoms with Crippen molar-refractivity contribution in [3.63, 3.8) is 0 Å². The summed E-state index contributed by atoms with van der Waals surface area (Å²) in [4.78, 5) is 9.04. The van der Waals surface area contributed by atoms with Crippen molar-refractivity contribution in [2.24, 2.45) is 0 Å². The molecule has 0 saturated carbocycles. The summed E-state index contributed by atoms with van der Waals surface area (Å²) in [7, 11) is 0. The fourth-order valence-corrected chi connectivity index (χ4v) is 2.47. The second-order valence-corrected chi connectivity index (χ2v) is 4.87. The van der Waals surface area contributed by atoms with Gasteiger partial charge in [0.2, 0.25) is 0 Å². The van der Waals surface area contributed by atoms with E-state index in [4.69, 9.17) is 0 Å². The lowest BCUT2D eigenvalue weighted by atomic mass is 10.1. The second-order valence-electron chi connectivity index (χ2n) is 4.87. The quantitative estimate of drug-likeness (QED) is 0.798. The Bertz CT molecular complexity index is 779. The molecule has 0 aliphatic carbocycles. The average Bonchev–Trinajstić information content (AvgIpc) is 2.97. The molecule has 108 valence electrons. The molecule has 0 fully saturated rings. The number of fused-ring (bicyclic) bond motifs is 1. The molecule has 3 rings (SSSR count). The zero-order chi connectivity index (χ0) is 14.8. The number of nitrogens with zero attached hydrogens (tertiary/aromatic N) is 4. The summed E-state index contributed by atoms with van der Waals surface area (Å²) >= 11 is 0. The Morgan fingerprint density at radius 1 is 1.10 bits per heavy atom. The van der Waals surface area contributed by atoms with Crippen molar-refractivity contribution in [3.8, 4) is 5.82 Å². The molecule has 0 aliphatic heterocycles. The molecule has 21 heavy (non-hydrogen) atoms. The third-order valence-corrected chi connectivity index (χ3v) is 3.58. The molecule has 0 saturated heterocycles. The van der Waals surface area contributed by atoms with Crippen LogP contribution in [0.4, 0.5) is 0 Å². The second kappa shape index (κ2) is 5.61. The Morgan fingerprint density at radius 3 is 2.52 bits per heavy atom. The summed E-state index contributed by atoms with van der Waals surface area (Å²) in [6.45, 7) is 4.08. The molecule has 0 unspecified atom stereocenters. The van der Waals surface area contributed by atoms with Gasteiger partial charge in [0.15, 0.2) is 11.6 Å². The van der Waals surface area contributed by atoms with E-state index in [-0.39, 0.29) is 6.61 Å². The Hall–Kier alpha value is -2.27. The van der Waals surface area contributed by atoms with Crippen molar-refractivity contribution in [2.75, 3.05) is 0 Å². The Morgan fingerprint density at radius 2 is 1.86 bits per heavy atom. The Kier molecular flexibility index (Phi) is 3.66. The highest BCUT2D eigenvalue weighted by molar-refractivity contribution is 5.90. The predicted octanol–water partition coefficient (Wildman–Crippen LogP) is 2.43. The molecule has 1 aromatic carbocycles. The van der Waals surface area contributed by atoms with Gasteiger partial charge >= 0.3 is 0 Å². The van der Waals surface area contributed by atoms with E-state index in [9.17, 15) is 5.11 Å². The van der Waals surface area contributed by atoms with Gasteiger partial charge in [0.1, 0.15) is 5.82 Å². The first-order valence-electron chi connectivity index (χ1n) is 7.21. The molecule has 0 amide bonds. The fraction of sp³-hybridized carbons (Fsp3) is 0.312. The standard InChI is InChI=1S/C16H18N4O/c1-3-14-18-15(4-2)20(19-14)16-13-8-6-5-7-12(13)11(10-21)9-17-16/h5-9,21H,3-4,10H2,1-2H3. The minimum absolute atomic E-state index is 0.0218. The number of pyridine rings is 1. The molecule has 0 aliphatic rings. The number of aromatic nitrogens is 4. The van der Waals surface area contributed by atoms with Crippen LogP contribution in [0.25, 0.3) is 16.6 Å². The topological polar surface area (TPSA) is 63.8 Å². The first-order chi connectivity index (χ1) is 10.3. The first kappa shape index (κ1) is 13.7. The molecule has 5 nitrogen and oxygen atoms in total. The maximum Gasteiger partial charge on any atom is 0.163 e. The highest BCUT2D eigenvalue weighted by Gasteiger charge is 2.14. The van der Waals surface area contributed by atoms with Crippen molar-refractivity contribution < 1.29 is 5.11 Å². The van der Waals surface area contributed by atoms with Crippen LogP contribution in [0.2, 0.25) is 0 Å². The zero-order valence-corrected chi connectivity index (χ0v) is 12.2. The van der Waals surface area contributed by atoms with Gasteiger partial charge in [-0.2, -0.15) is 4.68 Å². The van der Waals surface area contributed by atoms with Crippen LogP contribution < -0.4 is 0 Å². The number of hydrogen-bond donors (Lipinski definition) is 1. The van der Waals surface area contributed by atoms with Crippen molar-refractivity contribution >= 4 is 10.8 Å². The van der Waals surface area contributed by atoms with E-state index in [0.29, 0.717) is 0 Å². The Balaban J connectivity index is 2.28. The van der Waals surface area contributed by atoms with Crippen LogP contribution >= 0.6 is 0 Å². The van der Waals surface area contributed by atoms with Gasteiger partial charge in [0.05, 0.1) is 6.61 Å². The van der Waals surface area contributed by atoms with Crippen LogP contribution in [0.3, 0.4) is 0 Å². The normalized spacial score (nSPS) is 11.2. The maximum absolute atomic E-state index is 9.47. The van der Waals surface area contributed by atoms with E-state index < -0.39 is 0 Å². The molecule has 3 aromatic rings. The molecule has 0 radical (unpaired) electrons. The van der Waals surface area contributed by atoms with Crippen LogP contribution in [-0.4, -0.2) is 24.9 Å². The minimum Gasteiger partial charge on any atom is -0.392 e. The minimum atomic E-state index is -0.0218. The van der Waals surface area contributed by atoms with Crippen molar-refractivity contribution in [3.05, 3.63) is 47.7 Å². The summed E-state index contributed by atoms with van der Waals surface area (Å²) < 4.78 is 1.82. The SMILES string of the molecule is CCc1nc(CC)n(-c2ncc(CO)c3ccccc23)n1. The predicted molar refractivity (Wildman–Crippen MR) is 81.3 cm³/mol. The van der Waals surface area contributed by atoms with Gasteiger partial charge in [-0.3, -0.25) is 0 Å². The highest BCUT2D eigenvalue weighted by Crippen LogP contribution is 2.24. The van der Waals surface area contributed by atoms with E-state index in [0.717, 1.165) is 46.6 Å². The monoisotopic (exact) mass is 282 g/mol. The third kappa shape index (κ3) is 2.29. The molecule has 5 heteroatoms.